The summed E-state index contributed by atoms with van der Waals surface area (Å²) < 4.78 is 0. The molecule has 0 unspecified atom stereocenters. The molecule has 0 amide bonds. The van der Waals surface area contributed by atoms with Crippen LogP contribution in [0.15, 0.2) is 48.8 Å². The molecule has 0 aliphatic rings. The highest BCUT2D eigenvalue weighted by Crippen LogP contribution is 2.25. The van der Waals surface area contributed by atoms with Gasteiger partial charge < -0.3 is 15.3 Å². The molecule has 2 aromatic carbocycles. The van der Waals surface area contributed by atoms with Crippen LogP contribution < -0.4 is 10.2 Å². The Morgan fingerprint density at radius 2 is 1.79 bits per heavy atom. The van der Waals surface area contributed by atoms with E-state index in [1.165, 1.54) is 6.33 Å². The standard InChI is InChI=1S/C17H16N4O2.ClH/c1-21(2)13-6-4-12(5-7-13)20-16-14-8-3-11(17(22)23)9-15(14)18-10-19-16;/h3-10H,1-2H3,(H,22,23)(H,18,19,20);1H. The molecule has 7 heteroatoms. The third-order valence-electron chi connectivity index (χ3n) is 3.53. The second kappa shape index (κ2) is 7.14. The molecule has 3 aromatic rings. The largest absolute Gasteiger partial charge is 0.478 e. The van der Waals surface area contributed by atoms with E-state index in [-0.39, 0.29) is 18.0 Å². The van der Waals surface area contributed by atoms with Crippen molar-refractivity contribution in [2.45, 2.75) is 0 Å². The van der Waals surface area contributed by atoms with Crippen LogP contribution in [0.4, 0.5) is 17.2 Å². The quantitative estimate of drug-likeness (QED) is 0.753. The molecule has 1 aromatic heterocycles. The minimum Gasteiger partial charge on any atom is -0.478 e. The summed E-state index contributed by atoms with van der Waals surface area (Å²) in [4.78, 5) is 21.5. The summed E-state index contributed by atoms with van der Waals surface area (Å²) >= 11 is 0. The number of halogens is 1. The van der Waals surface area contributed by atoms with Gasteiger partial charge in [-0.2, -0.15) is 0 Å². The van der Waals surface area contributed by atoms with Crippen molar-refractivity contribution in [2.75, 3.05) is 24.3 Å². The fourth-order valence-electron chi connectivity index (χ4n) is 2.27. The van der Waals surface area contributed by atoms with Gasteiger partial charge in [0.05, 0.1) is 11.1 Å². The summed E-state index contributed by atoms with van der Waals surface area (Å²) in [5.74, 6) is -0.330. The maximum Gasteiger partial charge on any atom is 0.335 e. The van der Waals surface area contributed by atoms with E-state index < -0.39 is 5.97 Å². The zero-order valence-corrected chi connectivity index (χ0v) is 14.0. The molecule has 1 heterocycles. The molecule has 0 aliphatic carbocycles. The zero-order chi connectivity index (χ0) is 16.4. The van der Waals surface area contributed by atoms with Gasteiger partial charge >= 0.3 is 5.97 Å². The van der Waals surface area contributed by atoms with E-state index in [0.29, 0.717) is 11.3 Å². The third-order valence-corrected chi connectivity index (χ3v) is 3.53. The Morgan fingerprint density at radius 3 is 2.42 bits per heavy atom. The SMILES string of the molecule is CN(C)c1ccc(Nc2ncnc3cc(C(=O)O)ccc23)cc1.Cl. The van der Waals surface area contributed by atoms with E-state index in [1.54, 1.807) is 18.2 Å². The Morgan fingerprint density at radius 1 is 1.08 bits per heavy atom. The van der Waals surface area contributed by atoms with E-state index in [4.69, 9.17) is 5.11 Å². The summed E-state index contributed by atoms with van der Waals surface area (Å²) in [7, 11) is 3.97. The molecule has 6 nitrogen and oxygen atoms in total. The van der Waals surface area contributed by atoms with E-state index in [2.05, 4.69) is 15.3 Å². The van der Waals surface area contributed by atoms with E-state index in [9.17, 15) is 4.79 Å². The van der Waals surface area contributed by atoms with Gasteiger partial charge in [-0.25, -0.2) is 14.8 Å². The average molecular weight is 345 g/mol. The highest BCUT2D eigenvalue weighted by Gasteiger charge is 2.08. The molecule has 0 fully saturated rings. The number of rotatable bonds is 4. The summed E-state index contributed by atoms with van der Waals surface area (Å²) in [5.41, 5.74) is 2.80. The second-order valence-corrected chi connectivity index (χ2v) is 5.33. The molecular weight excluding hydrogens is 328 g/mol. The Kier molecular flexibility index (Phi) is 5.21. The molecule has 124 valence electrons. The summed E-state index contributed by atoms with van der Waals surface area (Å²) in [6.07, 6.45) is 1.42. The van der Waals surface area contributed by atoms with Crippen molar-refractivity contribution in [3.8, 4) is 0 Å². The predicted octanol–water partition coefficient (Wildman–Crippen LogP) is 3.56. The van der Waals surface area contributed by atoms with Crippen LogP contribution in [0, 0.1) is 0 Å². The highest BCUT2D eigenvalue weighted by atomic mass is 35.5. The number of carboxylic acid groups (broad SMARTS) is 1. The van der Waals surface area contributed by atoms with Crippen molar-refractivity contribution in [2.24, 2.45) is 0 Å². The van der Waals surface area contributed by atoms with Gasteiger partial charge in [0.1, 0.15) is 12.1 Å². The van der Waals surface area contributed by atoms with Crippen LogP contribution in [0.1, 0.15) is 10.4 Å². The van der Waals surface area contributed by atoms with Gasteiger partial charge in [0.15, 0.2) is 0 Å². The molecule has 3 rings (SSSR count). The van der Waals surface area contributed by atoms with Gasteiger partial charge in [0.2, 0.25) is 0 Å². The fourth-order valence-corrected chi connectivity index (χ4v) is 2.27. The number of hydrogen-bond acceptors (Lipinski definition) is 5. The number of anilines is 3. The van der Waals surface area contributed by atoms with E-state index in [0.717, 1.165) is 16.8 Å². The zero-order valence-electron chi connectivity index (χ0n) is 13.2. The minimum absolute atomic E-state index is 0. The molecular formula is C17H17ClN4O2. The maximum atomic E-state index is 11.0. The lowest BCUT2D eigenvalue weighted by Gasteiger charge is -2.13. The number of benzene rings is 2. The Hall–Kier alpha value is -2.86. The average Bonchev–Trinajstić information content (AvgIpc) is 2.55. The molecule has 0 saturated heterocycles. The van der Waals surface area contributed by atoms with Crippen LogP contribution in [0.3, 0.4) is 0 Å². The second-order valence-electron chi connectivity index (χ2n) is 5.33. The Balaban J connectivity index is 0.00000208. The van der Waals surface area contributed by atoms with Crippen LogP contribution >= 0.6 is 12.4 Å². The monoisotopic (exact) mass is 344 g/mol. The number of nitrogens with one attached hydrogen (secondary N) is 1. The first-order valence-corrected chi connectivity index (χ1v) is 7.07. The van der Waals surface area contributed by atoms with Gasteiger partial charge in [-0.1, -0.05) is 0 Å². The predicted molar refractivity (Wildman–Crippen MR) is 97.8 cm³/mol. The van der Waals surface area contributed by atoms with Crippen LogP contribution in [0.5, 0.6) is 0 Å². The normalized spacial score (nSPS) is 10.1. The van der Waals surface area contributed by atoms with Crippen molar-refractivity contribution in [3.63, 3.8) is 0 Å². The first kappa shape index (κ1) is 17.5. The minimum atomic E-state index is -0.973. The summed E-state index contributed by atoms with van der Waals surface area (Å²) in [6, 6.07) is 12.8. The lowest BCUT2D eigenvalue weighted by atomic mass is 10.1. The smallest absolute Gasteiger partial charge is 0.335 e. The molecule has 0 aliphatic heterocycles. The van der Waals surface area contributed by atoms with Crippen molar-refractivity contribution in [1.29, 1.82) is 0 Å². The van der Waals surface area contributed by atoms with Crippen LogP contribution in [-0.4, -0.2) is 35.1 Å². The van der Waals surface area contributed by atoms with Crippen LogP contribution in [0.2, 0.25) is 0 Å². The first-order valence-electron chi connectivity index (χ1n) is 7.07. The molecule has 2 N–H and O–H groups in total. The first-order chi connectivity index (χ1) is 11.0. The van der Waals surface area contributed by atoms with E-state index >= 15 is 0 Å². The third kappa shape index (κ3) is 3.55. The summed E-state index contributed by atoms with van der Waals surface area (Å²) in [6.45, 7) is 0. The number of fused-ring (bicyclic) bond motifs is 1. The van der Waals surface area contributed by atoms with Crippen molar-refractivity contribution in [1.82, 2.24) is 9.97 Å². The number of carbonyl (C=O) groups is 1. The van der Waals surface area contributed by atoms with Crippen LogP contribution in [0.25, 0.3) is 10.9 Å². The van der Waals surface area contributed by atoms with E-state index in [1.807, 2.05) is 43.3 Å². The van der Waals surface area contributed by atoms with Crippen molar-refractivity contribution in [3.05, 3.63) is 54.4 Å². The van der Waals surface area contributed by atoms with Gasteiger partial charge in [0.25, 0.3) is 0 Å². The molecule has 24 heavy (non-hydrogen) atoms. The highest BCUT2D eigenvalue weighted by molar-refractivity contribution is 5.97. The van der Waals surface area contributed by atoms with Crippen molar-refractivity contribution >= 4 is 46.5 Å². The number of nitrogens with zero attached hydrogens (tertiary/aromatic N) is 3. The Bertz CT molecular complexity index is 866. The molecule has 0 atom stereocenters. The number of aromatic carboxylic acids is 1. The number of hydrogen-bond donors (Lipinski definition) is 2. The van der Waals surface area contributed by atoms with Gasteiger partial charge in [-0.15, -0.1) is 12.4 Å². The van der Waals surface area contributed by atoms with Gasteiger partial charge in [-0.05, 0) is 42.5 Å². The topological polar surface area (TPSA) is 78.3 Å². The summed E-state index contributed by atoms with van der Waals surface area (Å²) in [5, 5.41) is 13.1. The molecule has 0 radical (unpaired) electrons. The van der Waals surface area contributed by atoms with Crippen molar-refractivity contribution < 1.29 is 9.90 Å². The lowest BCUT2D eigenvalue weighted by Crippen LogP contribution is -2.08. The molecule has 0 bridgehead atoms. The van der Waals surface area contributed by atoms with Crippen LogP contribution in [-0.2, 0) is 0 Å². The molecule has 0 saturated carbocycles. The number of aromatic nitrogens is 2. The fraction of sp³-hybridized carbons (Fsp3) is 0.118. The molecule has 0 spiro atoms. The Labute approximate surface area is 145 Å². The van der Waals surface area contributed by atoms with Gasteiger partial charge in [0, 0.05) is 30.9 Å². The number of carboxylic acids is 1. The lowest BCUT2D eigenvalue weighted by molar-refractivity contribution is 0.0697. The maximum absolute atomic E-state index is 11.0. The van der Waals surface area contributed by atoms with Gasteiger partial charge in [-0.3, -0.25) is 0 Å².